The van der Waals surface area contributed by atoms with Gasteiger partial charge in [0.15, 0.2) is 0 Å². The zero-order valence-electron chi connectivity index (χ0n) is 9.47. The molecule has 0 heterocycles. The van der Waals surface area contributed by atoms with Gasteiger partial charge in [-0.05, 0) is 40.0 Å². The SMILES string of the molecule is CCCNC(CCN(C)C)COC. The van der Waals surface area contributed by atoms with E-state index in [2.05, 4.69) is 31.2 Å². The van der Waals surface area contributed by atoms with E-state index in [0.717, 1.165) is 26.1 Å². The van der Waals surface area contributed by atoms with Gasteiger partial charge < -0.3 is 15.0 Å². The van der Waals surface area contributed by atoms with Crippen molar-refractivity contribution in [2.24, 2.45) is 0 Å². The Hall–Kier alpha value is -0.120. The molecular formula is C10H24N2O. The van der Waals surface area contributed by atoms with Gasteiger partial charge in [-0.1, -0.05) is 6.92 Å². The predicted octanol–water partition coefficient (Wildman–Crippen LogP) is 0.953. The lowest BCUT2D eigenvalue weighted by molar-refractivity contribution is 0.158. The molecule has 0 aromatic heterocycles. The first kappa shape index (κ1) is 12.9. The molecule has 0 saturated heterocycles. The lowest BCUT2D eigenvalue weighted by Gasteiger charge is -2.19. The average Bonchev–Trinajstić information content (AvgIpc) is 2.09. The lowest BCUT2D eigenvalue weighted by atomic mass is 10.2. The molecule has 1 N–H and O–H groups in total. The average molecular weight is 188 g/mol. The fraction of sp³-hybridized carbons (Fsp3) is 1.00. The lowest BCUT2D eigenvalue weighted by Crippen LogP contribution is -2.36. The summed E-state index contributed by atoms with van der Waals surface area (Å²) in [5.41, 5.74) is 0. The van der Waals surface area contributed by atoms with E-state index in [1.165, 1.54) is 6.42 Å². The van der Waals surface area contributed by atoms with E-state index in [-0.39, 0.29) is 0 Å². The van der Waals surface area contributed by atoms with Crippen LogP contribution in [0.5, 0.6) is 0 Å². The molecule has 80 valence electrons. The molecule has 0 radical (unpaired) electrons. The smallest absolute Gasteiger partial charge is 0.0616 e. The Morgan fingerprint density at radius 1 is 1.38 bits per heavy atom. The van der Waals surface area contributed by atoms with Crippen LogP contribution in [-0.4, -0.2) is 51.8 Å². The summed E-state index contributed by atoms with van der Waals surface area (Å²) < 4.78 is 5.15. The van der Waals surface area contributed by atoms with Crippen LogP contribution in [0.25, 0.3) is 0 Å². The minimum absolute atomic E-state index is 0.507. The summed E-state index contributed by atoms with van der Waals surface area (Å²) in [6.45, 7) is 5.20. The number of methoxy groups -OCH3 is 1. The van der Waals surface area contributed by atoms with Crippen LogP contribution in [0.1, 0.15) is 19.8 Å². The van der Waals surface area contributed by atoms with Crippen LogP contribution in [0.15, 0.2) is 0 Å². The van der Waals surface area contributed by atoms with Gasteiger partial charge in [-0.15, -0.1) is 0 Å². The van der Waals surface area contributed by atoms with Crippen molar-refractivity contribution in [3.63, 3.8) is 0 Å². The minimum Gasteiger partial charge on any atom is -0.383 e. The number of rotatable bonds is 8. The standard InChI is InChI=1S/C10H24N2O/c1-5-7-11-10(9-13-4)6-8-12(2)3/h10-11H,5-9H2,1-4H3. The Morgan fingerprint density at radius 2 is 2.08 bits per heavy atom. The minimum atomic E-state index is 0.507. The topological polar surface area (TPSA) is 24.5 Å². The number of nitrogens with one attached hydrogen (secondary N) is 1. The van der Waals surface area contributed by atoms with E-state index in [0.29, 0.717) is 6.04 Å². The second-order valence-corrected chi connectivity index (χ2v) is 3.70. The summed E-state index contributed by atoms with van der Waals surface area (Å²) >= 11 is 0. The highest BCUT2D eigenvalue weighted by atomic mass is 16.5. The van der Waals surface area contributed by atoms with Gasteiger partial charge in [0, 0.05) is 13.2 Å². The third-order valence-corrected chi connectivity index (χ3v) is 1.98. The second kappa shape index (κ2) is 8.48. The molecule has 0 aliphatic heterocycles. The van der Waals surface area contributed by atoms with E-state index in [9.17, 15) is 0 Å². The maximum absolute atomic E-state index is 5.15. The second-order valence-electron chi connectivity index (χ2n) is 3.70. The van der Waals surface area contributed by atoms with Crippen LogP contribution in [0.3, 0.4) is 0 Å². The summed E-state index contributed by atoms with van der Waals surface area (Å²) in [4.78, 5) is 2.20. The third-order valence-electron chi connectivity index (χ3n) is 1.98. The quantitative estimate of drug-likeness (QED) is 0.614. The summed E-state index contributed by atoms with van der Waals surface area (Å²) in [5.74, 6) is 0. The Bertz CT molecular complexity index is 107. The zero-order chi connectivity index (χ0) is 10.1. The van der Waals surface area contributed by atoms with Gasteiger partial charge in [0.25, 0.3) is 0 Å². The summed E-state index contributed by atoms with van der Waals surface area (Å²) in [5, 5.41) is 3.47. The fourth-order valence-electron chi connectivity index (χ4n) is 1.21. The summed E-state index contributed by atoms with van der Waals surface area (Å²) in [6.07, 6.45) is 2.34. The van der Waals surface area contributed by atoms with Crippen LogP contribution in [0.2, 0.25) is 0 Å². The molecule has 13 heavy (non-hydrogen) atoms. The molecule has 0 spiro atoms. The van der Waals surface area contributed by atoms with Gasteiger partial charge in [-0.3, -0.25) is 0 Å². The van der Waals surface area contributed by atoms with Gasteiger partial charge in [0.05, 0.1) is 6.61 Å². The van der Waals surface area contributed by atoms with Gasteiger partial charge >= 0.3 is 0 Å². The van der Waals surface area contributed by atoms with Crippen molar-refractivity contribution in [3.8, 4) is 0 Å². The Kier molecular flexibility index (Phi) is 8.40. The molecule has 0 aromatic carbocycles. The maximum atomic E-state index is 5.15. The van der Waals surface area contributed by atoms with Crippen LogP contribution >= 0.6 is 0 Å². The molecule has 0 amide bonds. The molecule has 0 fully saturated rings. The monoisotopic (exact) mass is 188 g/mol. The van der Waals surface area contributed by atoms with E-state index in [1.54, 1.807) is 7.11 Å². The van der Waals surface area contributed by atoms with Crippen molar-refractivity contribution < 1.29 is 4.74 Å². The first-order valence-electron chi connectivity index (χ1n) is 5.07. The van der Waals surface area contributed by atoms with E-state index in [4.69, 9.17) is 4.74 Å². The van der Waals surface area contributed by atoms with Crippen LogP contribution in [0.4, 0.5) is 0 Å². The first-order chi connectivity index (χ1) is 6.20. The molecule has 3 heteroatoms. The van der Waals surface area contributed by atoms with Crippen molar-refractivity contribution in [2.75, 3.05) is 40.9 Å². The van der Waals surface area contributed by atoms with E-state index >= 15 is 0 Å². The molecule has 1 atom stereocenters. The molecule has 0 aliphatic carbocycles. The highest BCUT2D eigenvalue weighted by molar-refractivity contribution is 4.66. The number of hydrogen-bond donors (Lipinski definition) is 1. The molecule has 0 aliphatic rings. The van der Waals surface area contributed by atoms with Crippen molar-refractivity contribution >= 4 is 0 Å². The predicted molar refractivity (Wildman–Crippen MR) is 57.1 cm³/mol. The Labute approximate surface area is 82.4 Å². The Balaban J connectivity index is 3.53. The molecule has 1 unspecified atom stereocenters. The molecule has 0 rings (SSSR count). The number of nitrogens with zero attached hydrogens (tertiary/aromatic N) is 1. The Morgan fingerprint density at radius 3 is 2.54 bits per heavy atom. The van der Waals surface area contributed by atoms with Gasteiger partial charge in [0.1, 0.15) is 0 Å². The molecule has 0 saturated carbocycles. The number of hydrogen-bond acceptors (Lipinski definition) is 3. The summed E-state index contributed by atoms with van der Waals surface area (Å²) in [7, 11) is 5.96. The van der Waals surface area contributed by atoms with Gasteiger partial charge in [-0.2, -0.15) is 0 Å². The van der Waals surface area contributed by atoms with Gasteiger partial charge in [-0.25, -0.2) is 0 Å². The third kappa shape index (κ3) is 8.22. The molecular weight excluding hydrogens is 164 g/mol. The van der Waals surface area contributed by atoms with Crippen molar-refractivity contribution in [1.82, 2.24) is 10.2 Å². The molecule has 0 aromatic rings. The number of ether oxygens (including phenoxy) is 1. The molecule has 3 nitrogen and oxygen atoms in total. The maximum Gasteiger partial charge on any atom is 0.0616 e. The van der Waals surface area contributed by atoms with E-state index in [1.807, 2.05) is 0 Å². The van der Waals surface area contributed by atoms with Crippen LogP contribution in [0, 0.1) is 0 Å². The van der Waals surface area contributed by atoms with Crippen molar-refractivity contribution in [1.29, 1.82) is 0 Å². The van der Waals surface area contributed by atoms with Crippen molar-refractivity contribution in [3.05, 3.63) is 0 Å². The fourth-order valence-corrected chi connectivity index (χ4v) is 1.21. The van der Waals surface area contributed by atoms with Crippen molar-refractivity contribution in [2.45, 2.75) is 25.8 Å². The van der Waals surface area contributed by atoms with Crippen LogP contribution in [-0.2, 0) is 4.74 Å². The zero-order valence-corrected chi connectivity index (χ0v) is 9.47. The highest BCUT2D eigenvalue weighted by Crippen LogP contribution is 1.94. The normalized spacial score (nSPS) is 13.6. The largest absolute Gasteiger partial charge is 0.383 e. The summed E-state index contributed by atoms with van der Waals surface area (Å²) in [6, 6.07) is 0.507. The first-order valence-corrected chi connectivity index (χ1v) is 5.07. The van der Waals surface area contributed by atoms with Crippen LogP contribution < -0.4 is 5.32 Å². The highest BCUT2D eigenvalue weighted by Gasteiger charge is 2.06. The molecule has 0 bridgehead atoms. The van der Waals surface area contributed by atoms with Gasteiger partial charge in [0.2, 0.25) is 0 Å². The van der Waals surface area contributed by atoms with E-state index < -0.39 is 0 Å².